The summed E-state index contributed by atoms with van der Waals surface area (Å²) in [6, 6.07) is 24.3. The molecule has 0 heterocycles. The van der Waals surface area contributed by atoms with E-state index in [1.165, 1.54) is 6.07 Å². The van der Waals surface area contributed by atoms with Gasteiger partial charge in [-0.1, -0.05) is 72.8 Å². The molecule has 2 nitrogen and oxygen atoms in total. The van der Waals surface area contributed by atoms with Crippen molar-refractivity contribution in [1.82, 2.24) is 5.32 Å². The molecule has 1 amide bonds. The monoisotopic (exact) mass is 373 g/mol. The van der Waals surface area contributed by atoms with Gasteiger partial charge in [0.15, 0.2) is 0 Å². The number of carbonyl (C=O) groups excluding carboxylic acids is 1. The summed E-state index contributed by atoms with van der Waals surface area (Å²) in [5.74, 6) is -0.954. The molecular weight excluding hydrogens is 349 g/mol. The van der Waals surface area contributed by atoms with Crippen LogP contribution >= 0.6 is 0 Å². The van der Waals surface area contributed by atoms with Gasteiger partial charge in [0.05, 0.1) is 5.56 Å². The zero-order chi connectivity index (χ0) is 20.1. The Labute approximate surface area is 165 Å². The molecule has 0 aliphatic rings. The van der Waals surface area contributed by atoms with Gasteiger partial charge in [-0.25, -0.2) is 4.39 Å². The smallest absolute Gasteiger partial charge is 0.255 e. The van der Waals surface area contributed by atoms with Gasteiger partial charge in [0.2, 0.25) is 0 Å². The molecule has 3 heteroatoms. The van der Waals surface area contributed by atoms with Crippen LogP contribution in [-0.2, 0) is 0 Å². The molecule has 0 atom stereocenters. The van der Waals surface area contributed by atoms with E-state index in [-0.39, 0.29) is 5.56 Å². The van der Waals surface area contributed by atoms with Gasteiger partial charge in [-0.05, 0) is 55.2 Å². The van der Waals surface area contributed by atoms with Gasteiger partial charge in [-0.15, -0.1) is 0 Å². The van der Waals surface area contributed by atoms with Crippen LogP contribution in [0, 0.1) is 5.82 Å². The standard InChI is InChI=1S/C25H24FNO/c1-25(2,3)27-24(28)23-20(15-10-16-22(23)26)21(19-13-8-5-9-14-19)17-18-11-6-4-7-12-18/h4-17H,1-3H3,(H,27,28)/b21-17+. The van der Waals surface area contributed by atoms with Crippen molar-refractivity contribution in [2.24, 2.45) is 0 Å². The third-order valence-corrected chi connectivity index (χ3v) is 4.21. The van der Waals surface area contributed by atoms with E-state index in [9.17, 15) is 9.18 Å². The Bertz CT molecular complexity index is 986. The van der Waals surface area contributed by atoms with Crippen molar-refractivity contribution in [1.29, 1.82) is 0 Å². The third kappa shape index (κ3) is 4.74. The molecule has 3 aromatic rings. The number of halogens is 1. The first-order chi connectivity index (χ1) is 13.3. The Hall–Kier alpha value is -3.20. The maximum atomic E-state index is 14.8. The molecule has 28 heavy (non-hydrogen) atoms. The predicted octanol–water partition coefficient (Wildman–Crippen LogP) is 5.94. The summed E-state index contributed by atoms with van der Waals surface area (Å²) >= 11 is 0. The lowest BCUT2D eigenvalue weighted by Gasteiger charge is -2.22. The molecule has 0 saturated heterocycles. The fourth-order valence-electron chi connectivity index (χ4n) is 3.03. The van der Waals surface area contributed by atoms with Crippen LogP contribution in [0.25, 0.3) is 11.6 Å². The Morgan fingerprint density at radius 1 is 0.857 bits per heavy atom. The maximum Gasteiger partial charge on any atom is 0.255 e. The maximum absolute atomic E-state index is 14.8. The molecule has 0 fully saturated rings. The van der Waals surface area contributed by atoms with Crippen LogP contribution in [0.1, 0.15) is 47.8 Å². The van der Waals surface area contributed by atoms with Gasteiger partial charge in [0.1, 0.15) is 5.82 Å². The number of carbonyl (C=O) groups is 1. The zero-order valence-electron chi connectivity index (χ0n) is 16.4. The van der Waals surface area contributed by atoms with Gasteiger partial charge < -0.3 is 5.32 Å². The van der Waals surface area contributed by atoms with E-state index in [0.29, 0.717) is 5.56 Å². The van der Waals surface area contributed by atoms with E-state index >= 15 is 0 Å². The molecule has 0 radical (unpaired) electrons. The number of nitrogens with one attached hydrogen (secondary N) is 1. The topological polar surface area (TPSA) is 29.1 Å². The summed E-state index contributed by atoms with van der Waals surface area (Å²) in [4.78, 5) is 12.9. The van der Waals surface area contributed by atoms with Gasteiger partial charge in [0.25, 0.3) is 5.91 Å². The summed E-state index contributed by atoms with van der Waals surface area (Å²) in [6.45, 7) is 5.63. The minimum Gasteiger partial charge on any atom is -0.347 e. The molecule has 142 valence electrons. The summed E-state index contributed by atoms with van der Waals surface area (Å²) in [5, 5.41) is 2.88. The van der Waals surface area contributed by atoms with Gasteiger partial charge in [-0.2, -0.15) is 0 Å². The SMILES string of the molecule is CC(C)(C)NC(=O)c1c(F)cccc1/C(=C/c1ccccc1)c1ccccc1. The van der Waals surface area contributed by atoms with Crippen molar-refractivity contribution in [3.05, 3.63) is 107 Å². The number of amides is 1. The van der Waals surface area contributed by atoms with Gasteiger partial charge in [0, 0.05) is 5.54 Å². The van der Waals surface area contributed by atoms with E-state index in [0.717, 1.165) is 16.7 Å². The van der Waals surface area contributed by atoms with E-state index in [4.69, 9.17) is 0 Å². The Morgan fingerprint density at radius 3 is 2.07 bits per heavy atom. The average molecular weight is 373 g/mol. The van der Waals surface area contributed by atoms with Crippen LogP contribution in [-0.4, -0.2) is 11.4 Å². The third-order valence-electron chi connectivity index (χ3n) is 4.21. The lowest BCUT2D eigenvalue weighted by Crippen LogP contribution is -2.41. The first kappa shape index (κ1) is 19.6. The predicted molar refractivity (Wildman–Crippen MR) is 113 cm³/mol. The minimum atomic E-state index is -0.533. The highest BCUT2D eigenvalue weighted by Crippen LogP contribution is 2.30. The lowest BCUT2D eigenvalue weighted by molar-refractivity contribution is 0.0915. The first-order valence-corrected chi connectivity index (χ1v) is 9.29. The van der Waals surface area contributed by atoms with Crippen LogP contribution < -0.4 is 5.32 Å². The summed E-state index contributed by atoms with van der Waals surface area (Å²) < 4.78 is 14.8. The van der Waals surface area contributed by atoms with Crippen molar-refractivity contribution in [3.63, 3.8) is 0 Å². The number of rotatable bonds is 4. The summed E-state index contributed by atoms with van der Waals surface area (Å²) in [5.41, 5.74) is 2.85. The van der Waals surface area contributed by atoms with Crippen LogP contribution in [0.15, 0.2) is 78.9 Å². The molecule has 0 unspecified atom stereocenters. The number of benzene rings is 3. The van der Waals surface area contributed by atoms with Crippen LogP contribution in [0.3, 0.4) is 0 Å². The molecule has 0 spiro atoms. The van der Waals surface area contributed by atoms with Crippen molar-refractivity contribution in [2.45, 2.75) is 26.3 Å². The number of hydrogen-bond donors (Lipinski definition) is 1. The van der Waals surface area contributed by atoms with Gasteiger partial charge >= 0.3 is 0 Å². The first-order valence-electron chi connectivity index (χ1n) is 9.29. The molecule has 0 aliphatic carbocycles. The van der Waals surface area contributed by atoms with Crippen molar-refractivity contribution < 1.29 is 9.18 Å². The Kier molecular flexibility index (Phi) is 5.74. The lowest BCUT2D eigenvalue weighted by atomic mass is 9.91. The largest absolute Gasteiger partial charge is 0.347 e. The average Bonchev–Trinajstić information content (AvgIpc) is 2.66. The molecule has 3 rings (SSSR count). The fourth-order valence-corrected chi connectivity index (χ4v) is 3.03. The zero-order valence-corrected chi connectivity index (χ0v) is 16.4. The highest BCUT2D eigenvalue weighted by Gasteiger charge is 2.23. The van der Waals surface area contributed by atoms with Crippen molar-refractivity contribution in [2.75, 3.05) is 0 Å². The van der Waals surface area contributed by atoms with Crippen molar-refractivity contribution in [3.8, 4) is 0 Å². The molecule has 3 aromatic carbocycles. The van der Waals surface area contributed by atoms with Gasteiger partial charge in [-0.3, -0.25) is 4.79 Å². The van der Waals surface area contributed by atoms with Crippen LogP contribution in [0.2, 0.25) is 0 Å². The molecule has 0 bridgehead atoms. The Balaban J connectivity index is 2.20. The molecular formula is C25H24FNO. The summed E-state index contributed by atoms with van der Waals surface area (Å²) in [7, 11) is 0. The van der Waals surface area contributed by atoms with E-state index in [2.05, 4.69) is 5.32 Å². The van der Waals surface area contributed by atoms with Crippen LogP contribution in [0.5, 0.6) is 0 Å². The highest BCUT2D eigenvalue weighted by molar-refractivity contribution is 6.04. The quantitative estimate of drug-likeness (QED) is 0.563. The second-order valence-corrected chi connectivity index (χ2v) is 7.70. The molecule has 1 N–H and O–H groups in total. The second kappa shape index (κ2) is 8.22. The molecule has 0 aromatic heterocycles. The normalized spacial score (nSPS) is 11.9. The highest BCUT2D eigenvalue weighted by atomic mass is 19.1. The molecule has 0 saturated carbocycles. The fraction of sp³-hybridized carbons (Fsp3) is 0.160. The molecule has 0 aliphatic heterocycles. The summed E-state index contributed by atoms with van der Waals surface area (Å²) in [6.07, 6.45) is 1.98. The number of hydrogen-bond acceptors (Lipinski definition) is 1. The minimum absolute atomic E-state index is 0.0588. The van der Waals surface area contributed by atoms with Crippen molar-refractivity contribution >= 4 is 17.6 Å². The Morgan fingerprint density at radius 2 is 1.46 bits per heavy atom. The van der Waals surface area contributed by atoms with E-state index in [1.54, 1.807) is 12.1 Å². The van der Waals surface area contributed by atoms with Crippen LogP contribution in [0.4, 0.5) is 4.39 Å². The van der Waals surface area contributed by atoms with E-state index < -0.39 is 17.3 Å². The van der Waals surface area contributed by atoms with E-state index in [1.807, 2.05) is 87.5 Å². The second-order valence-electron chi connectivity index (χ2n) is 7.70.